The second-order valence-corrected chi connectivity index (χ2v) is 9.71. The molecule has 0 radical (unpaired) electrons. The van der Waals surface area contributed by atoms with Crippen molar-refractivity contribution in [3.05, 3.63) is 58.7 Å². The van der Waals surface area contributed by atoms with Gasteiger partial charge in [-0.1, -0.05) is 0 Å². The second kappa shape index (κ2) is 9.25. The van der Waals surface area contributed by atoms with Gasteiger partial charge in [0.25, 0.3) is 0 Å². The van der Waals surface area contributed by atoms with Gasteiger partial charge >= 0.3 is 12.4 Å². The van der Waals surface area contributed by atoms with Gasteiger partial charge in [0.15, 0.2) is 0 Å². The Morgan fingerprint density at radius 1 is 1.03 bits per heavy atom. The molecule has 0 amide bonds. The van der Waals surface area contributed by atoms with Crippen LogP contribution in [0.4, 0.5) is 26.3 Å². The van der Waals surface area contributed by atoms with E-state index in [4.69, 9.17) is 10.00 Å². The lowest BCUT2D eigenvalue weighted by Crippen LogP contribution is -2.48. The van der Waals surface area contributed by atoms with E-state index in [-0.39, 0.29) is 0 Å². The van der Waals surface area contributed by atoms with Crippen molar-refractivity contribution < 1.29 is 49.7 Å². The van der Waals surface area contributed by atoms with Crippen LogP contribution >= 0.6 is 0 Å². The third kappa shape index (κ3) is 5.10. The molecule has 0 saturated carbocycles. The Balaban J connectivity index is 1.96. The zero-order valence-electron chi connectivity index (χ0n) is 17.8. The van der Waals surface area contributed by atoms with E-state index < -0.39 is 86.7 Å². The highest BCUT2D eigenvalue weighted by Gasteiger charge is 2.51. The molecule has 1 saturated heterocycles. The quantitative estimate of drug-likeness (QED) is 0.562. The lowest BCUT2D eigenvalue weighted by molar-refractivity contribution is -0.138. The lowest BCUT2D eigenvalue weighted by Gasteiger charge is -2.27. The fraction of sp³-hybridized carbons (Fsp3) is 0.333. The summed E-state index contributed by atoms with van der Waals surface area (Å²) in [7, 11) is -4.72. The summed E-state index contributed by atoms with van der Waals surface area (Å²) in [5.41, 5.74) is -6.48. The maximum Gasteiger partial charge on any atom is 0.417 e. The molecule has 0 aromatic heterocycles. The Kier molecular flexibility index (Phi) is 7.00. The lowest BCUT2D eigenvalue weighted by atomic mass is 10.0. The molecule has 1 fully saturated rings. The second-order valence-electron chi connectivity index (χ2n) is 7.80. The van der Waals surface area contributed by atoms with Gasteiger partial charge in [0, 0.05) is 6.54 Å². The minimum atomic E-state index is -4.93. The molecule has 1 aliphatic rings. The average molecular weight is 535 g/mol. The van der Waals surface area contributed by atoms with Crippen LogP contribution in [0.25, 0.3) is 0 Å². The number of rotatable bonds is 5. The van der Waals surface area contributed by atoms with Crippen molar-refractivity contribution in [2.45, 2.75) is 29.0 Å². The molecule has 0 bridgehead atoms. The average Bonchev–Trinajstić information content (AvgIpc) is 3.14. The standard InChI is InChI=1S/C21H15F6N3O5S/c22-20(23,24)14-2-4-17(13(5-14)8-29)36(33,34)30-9-18(19(32,10-30)11-31)35-15-3-1-12(7-28)16(6-15)21(25,26)27/h1-6,18,31-32H,9-11H2/t18?,19-/m1/s1. The number of hydrogen-bond donors (Lipinski definition) is 2. The van der Waals surface area contributed by atoms with Gasteiger partial charge in [-0.05, 0) is 36.4 Å². The predicted molar refractivity (Wildman–Crippen MR) is 108 cm³/mol. The first-order valence-electron chi connectivity index (χ1n) is 9.79. The largest absolute Gasteiger partial charge is 0.486 e. The Bertz CT molecular complexity index is 1360. The van der Waals surface area contributed by atoms with Crippen LogP contribution in [0.1, 0.15) is 22.3 Å². The first kappa shape index (κ1) is 27.2. The van der Waals surface area contributed by atoms with Crippen molar-refractivity contribution in [1.29, 1.82) is 10.5 Å². The van der Waals surface area contributed by atoms with Crippen molar-refractivity contribution in [2.75, 3.05) is 19.7 Å². The summed E-state index contributed by atoms with van der Waals surface area (Å²) in [5, 5.41) is 38.5. The zero-order chi connectivity index (χ0) is 27.1. The molecule has 1 unspecified atom stereocenters. The van der Waals surface area contributed by atoms with Crippen LogP contribution in [0.3, 0.4) is 0 Å². The van der Waals surface area contributed by atoms with Crippen LogP contribution in [0.5, 0.6) is 5.75 Å². The van der Waals surface area contributed by atoms with Crippen molar-refractivity contribution in [2.24, 2.45) is 0 Å². The number of aliphatic hydroxyl groups excluding tert-OH is 1. The van der Waals surface area contributed by atoms with Crippen molar-refractivity contribution >= 4 is 10.0 Å². The van der Waals surface area contributed by atoms with E-state index in [1.54, 1.807) is 0 Å². The van der Waals surface area contributed by atoms with Crippen molar-refractivity contribution in [1.82, 2.24) is 4.31 Å². The maximum absolute atomic E-state index is 13.2. The number of aliphatic hydroxyl groups is 2. The van der Waals surface area contributed by atoms with Crippen LogP contribution < -0.4 is 4.74 Å². The summed E-state index contributed by atoms with van der Waals surface area (Å²) < 4.78 is 111. The zero-order valence-corrected chi connectivity index (χ0v) is 18.6. The van der Waals surface area contributed by atoms with E-state index in [1.165, 1.54) is 12.1 Å². The number of alkyl halides is 6. The molecule has 192 valence electrons. The number of ether oxygens (including phenoxy) is 1. The molecule has 2 N–H and O–H groups in total. The summed E-state index contributed by atoms with van der Waals surface area (Å²) in [4.78, 5) is -0.809. The predicted octanol–water partition coefficient (Wildman–Crippen LogP) is 2.64. The molecule has 0 spiro atoms. The van der Waals surface area contributed by atoms with E-state index >= 15 is 0 Å². The topological polar surface area (TPSA) is 135 Å². The SMILES string of the molecule is N#Cc1ccc(OC2CN(S(=O)(=O)c3ccc(C(F)(F)F)cc3C#N)C[C@@]2(O)CO)cc1C(F)(F)F. The van der Waals surface area contributed by atoms with Gasteiger partial charge in [0.05, 0.1) is 46.4 Å². The Hall–Kier alpha value is -3.37. The maximum atomic E-state index is 13.2. The molecule has 1 heterocycles. The first-order chi connectivity index (χ1) is 16.6. The van der Waals surface area contributed by atoms with E-state index in [2.05, 4.69) is 0 Å². The molecule has 2 aromatic rings. The third-order valence-corrected chi connectivity index (χ3v) is 7.30. The summed E-state index contributed by atoms with van der Waals surface area (Å²) in [5.74, 6) is -0.496. The molecule has 8 nitrogen and oxygen atoms in total. The Morgan fingerprint density at radius 3 is 2.19 bits per heavy atom. The summed E-state index contributed by atoms with van der Waals surface area (Å²) in [6.07, 6.45) is -11.4. The van der Waals surface area contributed by atoms with Gasteiger partial charge in [0.1, 0.15) is 23.5 Å². The minimum Gasteiger partial charge on any atom is -0.486 e. The van der Waals surface area contributed by atoms with Crippen LogP contribution in [0.15, 0.2) is 41.3 Å². The van der Waals surface area contributed by atoms with Gasteiger partial charge in [0.2, 0.25) is 10.0 Å². The number of nitrogens with zero attached hydrogens (tertiary/aromatic N) is 3. The smallest absolute Gasteiger partial charge is 0.417 e. The van der Waals surface area contributed by atoms with E-state index in [0.717, 1.165) is 12.1 Å². The number of β-amino-alcohol motifs (C(OH)–C–C–N with tert-alkyl or cyclic N) is 1. The van der Waals surface area contributed by atoms with Gasteiger partial charge in [-0.2, -0.15) is 41.2 Å². The fourth-order valence-corrected chi connectivity index (χ4v) is 5.18. The fourth-order valence-electron chi connectivity index (χ4n) is 3.56. The van der Waals surface area contributed by atoms with Gasteiger partial charge in [-0.25, -0.2) is 8.42 Å². The highest BCUT2D eigenvalue weighted by molar-refractivity contribution is 7.89. The van der Waals surface area contributed by atoms with Gasteiger partial charge < -0.3 is 14.9 Å². The number of hydrogen-bond acceptors (Lipinski definition) is 7. The van der Waals surface area contributed by atoms with Crippen LogP contribution in [-0.2, 0) is 22.4 Å². The van der Waals surface area contributed by atoms with E-state index in [0.29, 0.717) is 28.6 Å². The normalized spacial score (nSPS) is 21.1. The summed E-state index contributed by atoms with van der Waals surface area (Å²) in [6.45, 7) is -2.67. The molecule has 36 heavy (non-hydrogen) atoms. The molecule has 1 aliphatic heterocycles. The Labute approximate surface area is 200 Å². The molecule has 15 heteroatoms. The third-order valence-electron chi connectivity index (χ3n) is 5.43. The molecular weight excluding hydrogens is 520 g/mol. The van der Waals surface area contributed by atoms with Crippen molar-refractivity contribution in [3.8, 4) is 17.9 Å². The Morgan fingerprint density at radius 2 is 1.67 bits per heavy atom. The summed E-state index contributed by atoms with van der Waals surface area (Å²) in [6, 6.07) is 6.35. The van der Waals surface area contributed by atoms with Crippen LogP contribution in [-0.4, -0.2) is 54.3 Å². The van der Waals surface area contributed by atoms with Gasteiger partial charge in [-0.3, -0.25) is 0 Å². The molecule has 0 aliphatic carbocycles. The number of nitriles is 2. The number of halogens is 6. The molecule has 2 aromatic carbocycles. The van der Waals surface area contributed by atoms with E-state index in [9.17, 15) is 50.2 Å². The van der Waals surface area contributed by atoms with Crippen LogP contribution in [0.2, 0.25) is 0 Å². The molecule has 2 atom stereocenters. The number of benzene rings is 2. The van der Waals surface area contributed by atoms with Gasteiger partial charge in [-0.15, -0.1) is 0 Å². The highest BCUT2D eigenvalue weighted by atomic mass is 32.2. The molecule has 3 rings (SSSR count). The summed E-state index contributed by atoms with van der Waals surface area (Å²) >= 11 is 0. The van der Waals surface area contributed by atoms with E-state index in [1.807, 2.05) is 0 Å². The van der Waals surface area contributed by atoms with Crippen LogP contribution in [0, 0.1) is 22.7 Å². The highest BCUT2D eigenvalue weighted by Crippen LogP contribution is 2.37. The minimum absolute atomic E-state index is 0.338. The number of sulfonamides is 1. The molecular formula is C21H15F6N3O5S. The first-order valence-corrected chi connectivity index (χ1v) is 11.2. The monoisotopic (exact) mass is 535 g/mol. The van der Waals surface area contributed by atoms with Crippen molar-refractivity contribution in [3.63, 3.8) is 0 Å².